The first-order valence-corrected chi connectivity index (χ1v) is 13.9. The third kappa shape index (κ3) is 5.27. The summed E-state index contributed by atoms with van der Waals surface area (Å²) in [4.78, 5) is 4.36. The van der Waals surface area contributed by atoms with Gasteiger partial charge in [-0.15, -0.1) is 0 Å². The maximum Gasteiger partial charge on any atom is 0.192 e. The summed E-state index contributed by atoms with van der Waals surface area (Å²) >= 11 is 0. The zero-order valence-electron chi connectivity index (χ0n) is 19.5. The van der Waals surface area contributed by atoms with Crippen molar-refractivity contribution in [3.8, 4) is 11.3 Å². The maximum absolute atomic E-state index is 13.1. The van der Waals surface area contributed by atoms with Crippen molar-refractivity contribution in [2.45, 2.75) is 43.0 Å². The summed E-state index contributed by atoms with van der Waals surface area (Å²) in [6, 6.07) is 19.9. The minimum absolute atomic E-state index is 0.0106. The zero-order valence-corrected chi connectivity index (χ0v) is 21.1. The summed E-state index contributed by atoms with van der Waals surface area (Å²) in [5.74, 6) is 0. The number of hydrogen-bond donors (Lipinski definition) is 1. The highest BCUT2D eigenvalue weighted by atomic mass is 32.2. The highest BCUT2D eigenvalue weighted by Crippen LogP contribution is 2.34. The average Bonchev–Trinajstić information content (AvgIpc) is 3.22. The molecule has 2 aromatic heterocycles. The van der Waals surface area contributed by atoms with Crippen LogP contribution in [0.25, 0.3) is 22.2 Å². The smallest absolute Gasteiger partial charge is 0.192 e. The zero-order chi connectivity index (χ0) is 24.5. The van der Waals surface area contributed by atoms with Crippen LogP contribution in [0, 0.1) is 0 Å². The molecule has 4 aromatic rings. The topological polar surface area (TPSA) is 102 Å². The van der Waals surface area contributed by atoms with Crippen LogP contribution in [-0.4, -0.2) is 33.8 Å². The third-order valence-electron chi connectivity index (χ3n) is 5.35. The lowest BCUT2D eigenvalue weighted by Crippen LogP contribution is -2.36. The van der Waals surface area contributed by atoms with E-state index in [0.717, 1.165) is 22.8 Å². The van der Waals surface area contributed by atoms with Crippen LogP contribution in [0.3, 0.4) is 0 Å². The molecule has 34 heavy (non-hydrogen) atoms. The Balaban J connectivity index is 1.81. The largest absolute Gasteiger partial charge is 0.356 e. The van der Waals surface area contributed by atoms with Gasteiger partial charge >= 0.3 is 0 Å². The minimum Gasteiger partial charge on any atom is -0.356 e. The van der Waals surface area contributed by atoms with Gasteiger partial charge in [-0.25, -0.2) is 22.3 Å². The fraction of sp³-hybridized carbons (Fsp3) is 0.280. The van der Waals surface area contributed by atoms with Crippen LogP contribution in [0.2, 0.25) is 0 Å². The van der Waals surface area contributed by atoms with Gasteiger partial charge in [0.15, 0.2) is 20.4 Å². The molecule has 0 saturated carbocycles. The number of rotatable bonds is 7. The Morgan fingerprint density at radius 2 is 1.71 bits per heavy atom. The van der Waals surface area contributed by atoms with E-state index in [0.29, 0.717) is 23.4 Å². The van der Waals surface area contributed by atoms with Crippen LogP contribution in [0.1, 0.15) is 38.1 Å². The Hall–Kier alpha value is -2.88. The summed E-state index contributed by atoms with van der Waals surface area (Å²) in [6.07, 6.45) is 1.46. The average molecular weight is 498 g/mol. The molecule has 2 aromatic carbocycles. The standard InChI is InChI=1S/C25H27N3O4S2/c1-25(2,3)33(29)28-21(16-17-10-9-15-23(26-17)34(4,30)31)18-11-5-6-12-19(18)24-20-13-7-8-14-22(20)32-27-24/h5-15,21,28H,16H2,1-4H3/t21-,33-/m0/s1. The molecule has 0 radical (unpaired) electrons. The Morgan fingerprint density at radius 1 is 1.00 bits per heavy atom. The van der Waals surface area contributed by atoms with E-state index < -0.39 is 31.6 Å². The molecule has 4 rings (SSSR count). The summed E-state index contributed by atoms with van der Waals surface area (Å²) < 4.78 is 45.5. The molecular weight excluding hydrogens is 470 g/mol. The minimum atomic E-state index is -3.45. The SMILES string of the molecule is CC(C)(C)[S@](=O)N[C@@H](Cc1cccc(S(C)(=O)=O)n1)c1ccccc1-c1noc2ccccc12. The second kappa shape index (κ2) is 9.40. The van der Waals surface area contributed by atoms with E-state index in [9.17, 15) is 12.6 Å². The van der Waals surface area contributed by atoms with Gasteiger partial charge in [-0.2, -0.15) is 0 Å². The molecule has 0 aliphatic rings. The molecule has 0 fully saturated rings. The van der Waals surface area contributed by atoms with E-state index in [1.807, 2.05) is 69.3 Å². The lowest BCUT2D eigenvalue weighted by Gasteiger charge is -2.26. The molecule has 0 bridgehead atoms. The lowest BCUT2D eigenvalue weighted by molar-refractivity contribution is 0.459. The van der Waals surface area contributed by atoms with Gasteiger partial charge in [0, 0.05) is 29.3 Å². The molecule has 2 heterocycles. The molecule has 0 aliphatic heterocycles. The predicted octanol–water partition coefficient (Wildman–Crippen LogP) is 4.63. The van der Waals surface area contributed by atoms with Crippen LogP contribution >= 0.6 is 0 Å². The molecule has 2 atom stereocenters. The Bertz CT molecular complexity index is 1460. The molecule has 9 heteroatoms. The van der Waals surface area contributed by atoms with E-state index in [2.05, 4.69) is 14.9 Å². The molecule has 0 amide bonds. The van der Waals surface area contributed by atoms with Crippen molar-refractivity contribution in [2.75, 3.05) is 6.26 Å². The van der Waals surface area contributed by atoms with Crippen LogP contribution in [-0.2, 0) is 27.2 Å². The Kier molecular flexibility index (Phi) is 6.71. The van der Waals surface area contributed by atoms with Crippen LogP contribution in [0.5, 0.6) is 0 Å². The molecule has 0 saturated heterocycles. The summed E-state index contributed by atoms with van der Waals surface area (Å²) in [5, 5.41) is 5.20. The molecule has 7 nitrogen and oxygen atoms in total. The van der Waals surface area contributed by atoms with Crippen molar-refractivity contribution < 1.29 is 17.1 Å². The molecule has 0 unspecified atom stereocenters. The second-order valence-electron chi connectivity index (χ2n) is 9.11. The second-order valence-corrected chi connectivity index (χ2v) is 13.1. The number of hydrogen-bond acceptors (Lipinski definition) is 6. The van der Waals surface area contributed by atoms with E-state index in [4.69, 9.17) is 4.52 Å². The highest BCUT2D eigenvalue weighted by molar-refractivity contribution is 7.90. The van der Waals surface area contributed by atoms with Crippen molar-refractivity contribution in [2.24, 2.45) is 0 Å². The first-order chi connectivity index (χ1) is 16.0. The molecule has 1 N–H and O–H groups in total. The first-order valence-electron chi connectivity index (χ1n) is 10.8. The summed E-state index contributed by atoms with van der Waals surface area (Å²) in [6.45, 7) is 5.69. The van der Waals surface area contributed by atoms with Gasteiger partial charge in [0.25, 0.3) is 0 Å². The van der Waals surface area contributed by atoms with Gasteiger partial charge in [0.1, 0.15) is 5.69 Å². The van der Waals surface area contributed by atoms with Crippen molar-refractivity contribution in [1.29, 1.82) is 0 Å². The van der Waals surface area contributed by atoms with E-state index in [-0.39, 0.29) is 5.03 Å². The highest BCUT2D eigenvalue weighted by Gasteiger charge is 2.27. The molecular formula is C25H27N3O4S2. The Morgan fingerprint density at radius 3 is 2.44 bits per heavy atom. The number of nitrogens with one attached hydrogen (secondary N) is 1. The van der Waals surface area contributed by atoms with Gasteiger partial charge in [0.05, 0.1) is 21.8 Å². The van der Waals surface area contributed by atoms with Crippen LogP contribution < -0.4 is 4.72 Å². The third-order valence-corrected chi connectivity index (χ3v) is 7.95. The number of pyridine rings is 1. The van der Waals surface area contributed by atoms with Crippen molar-refractivity contribution in [3.63, 3.8) is 0 Å². The number of nitrogens with zero attached hydrogens (tertiary/aromatic N) is 2. The lowest BCUT2D eigenvalue weighted by atomic mass is 9.94. The maximum atomic E-state index is 13.1. The number of para-hydroxylation sites is 1. The van der Waals surface area contributed by atoms with Crippen LogP contribution in [0.4, 0.5) is 0 Å². The fourth-order valence-electron chi connectivity index (χ4n) is 3.60. The van der Waals surface area contributed by atoms with Crippen molar-refractivity contribution in [3.05, 3.63) is 78.0 Å². The normalized spacial score (nSPS) is 14.2. The van der Waals surface area contributed by atoms with Gasteiger partial charge < -0.3 is 4.52 Å². The number of benzene rings is 2. The van der Waals surface area contributed by atoms with Gasteiger partial charge in [0.2, 0.25) is 0 Å². The number of aromatic nitrogens is 2. The predicted molar refractivity (Wildman–Crippen MR) is 134 cm³/mol. The van der Waals surface area contributed by atoms with Crippen molar-refractivity contribution >= 4 is 31.8 Å². The van der Waals surface area contributed by atoms with Crippen molar-refractivity contribution in [1.82, 2.24) is 14.9 Å². The molecule has 0 spiro atoms. The van der Waals surface area contributed by atoms with Gasteiger partial charge in [-0.3, -0.25) is 0 Å². The Labute approximate surface area is 202 Å². The fourth-order valence-corrected chi connectivity index (χ4v) is 5.04. The van der Waals surface area contributed by atoms with Crippen LogP contribution in [0.15, 0.2) is 76.3 Å². The van der Waals surface area contributed by atoms with Gasteiger partial charge in [-0.1, -0.05) is 47.6 Å². The molecule has 0 aliphatic carbocycles. The summed E-state index contributed by atoms with van der Waals surface area (Å²) in [7, 11) is -4.84. The van der Waals surface area contributed by atoms with E-state index in [1.54, 1.807) is 12.1 Å². The monoisotopic (exact) mass is 497 g/mol. The number of sulfone groups is 1. The molecule has 178 valence electrons. The quantitative estimate of drug-likeness (QED) is 0.399. The van der Waals surface area contributed by atoms with Gasteiger partial charge in [-0.05, 0) is 50.6 Å². The van der Waals surface area contributed by atoms with E-state index in [1.165, 1.54) is 6.07 Å². The number of fused-ring (bicyclic) bond motifs is 1. The summed E-state index contributed by atoms with van der Waals surface area (Å²) in [5.41, 5.74) is 3.65. The first kappa shape index (κ1) is 24.3. The van der Waals surface area contributed by atoms with E-state index >= 15 is 0 Å².